The minimum atomic E-state index is -0.490. The zero-order valence-electron chi connectivity index (χ0n) is 13.5. The number of carbonyl (C=O) groups is 1. The number of amides is 1. The molecule has 1 aromatic heterocycles. The molecule has 1 aliphatic heterocycles. The lowest BCUT2D eigenvalue weighted by atomic mass is 9.98. The first kappa shape index (κ1) is 15.6. The van der Waals surface area contributed by atoms with E-state index in [4.69, 9.17) is 4.42 Å². The van der Waals surface area contributed by atoms with Crippen molar-refractivity contribution >= 4 is 16.9 Å². The molecule has 0 aliphatic carbocycles. The Morgan fingerprint density at radius 3 is 2.48 bits per heavy atom. The van der Waals surface area contributed by atoms with E-state index < -0.39 is 6.04 Å². The van der Waals surface area contributed by atoms with Crippen molar-refractivity contribution in [3.63, 3.8) is 0 Å². The monoisotopic (exact) mass is 335 g/mol. The van der Waals surface area contributed by atoms with Gasteiger partial charge in [0.2, 0.25) is 5.76 Å². The number of aliphatic hydroxyl groups is 1. The second kappa shape index (κ2) is 6.18. The second-order valence-electron chi connectivity index (χ2n) is 6.06. The highest BCUT2D eigenvalue weighted by molar-refractivity contribution is 5.99. The molecule has 3 aromatic rings. The van der Waals surface area contributed by atoms with Crippen LogP contribution >= 0.6 is 0 Å². The van der Waals surface area contributed by atoms with Crippen LogP contribution in [0.5, 0.6) is 0 Å². The molecule has 0 spiro atoms. The third-order valence-corrected chi connectivity index (χ3v) is 4.55. The number of aliphatic hydroxyl groups excluding tert-OH is 1. The van der Waals surface area contributed by atoms with E-state index in [2.05, 4.69) is 0 Å². The molecule has 1 aliphatic rings. The molecule has 0 saturated heterocycles. The van der Waals surface area contributed by atoms with Gasteiger partial charge < -0.3 is 14.4 Å². The summed E-state index contributed by atoms with van der Waals surface area (Å²) < 4.78 is 5.81. The molecule has 5 heteroatoms. The van der Waals surface area contributed by atoms with Crippen molar-refractivity contribution in [2.45, 2.75) is 12.5 Å². The van der Waals surface area contributed by atoms with Crippen molar-refractivity contribution in [2.24, 2.45) is 0 Å². The molecule has 5 nitrogen and oxygen atoms in total. The van der Waals surface area contributed by atoms with Crippen molar-refractivity contribution in [1.82, 2.24) is 4.90 Å². The molecular formula is C20H17NO4. The number of benzene rings is 2. The number of carbonyl (C=O) groups excluding carboxylic acids is 1. The molecule has 25 heavy (non-hydrogen) atoms. The average molecular weight is 335 g/mol. The van der Waals surface area contributed by atoms with Gasteiger partial charge in [-0.1, -0.05) is 42.5 Å². The highest BCUT2D eigenvalue weighted by Crippen LogP contribution is 2.37. The van der Waals surface area contributed by atoms with Gasteiger partial charge in [-0.05, 0) is 24.1 Å². The fourth-order valence-electron chi connectivity index (χ4n) is 3.42. The molecule has 0 fully saturated rings. The predicted octanol–water partition coefficient (Wildman–Crippen LogP) is 2.72. The summed E-state index contributed by atoms with van der Waals surface area (Å²) in [6.07, 6.45) is 0.441. The maximum absolute atomic E-state index is 13.1. The van der Waals surface area contributed by atoms with E-state index in [9.17, 15) is 14.7 Å². The summed E-state index contributed by atoms with van der Waals surface area (Å²) in [6.45, 7) is 0.333. The van der Waals surface area contributed by atoms with Gasteiger partial charge in [0, 0.05) is 13.2 Å². The Kier molecular flexibility index (Phi) is 3.86. The maximum atomic E-state index is 13.1. The SMILES string of the molecule is O=C1c2oc3ccccc3c(=O)c2C(c2ccccc2)N1CCCO. The minimum Gasteiger partial charge on any atom is -0.450 e. The summed E-state index contributed by atoms with van der Waals surface area (Å²) in [7, 11) is 0. The number of para-hydroxylation sites is 1. The first-order chi connectivity index (χ1) is 12.2. The lowest BCUT2D eigenvalue weighted by molar-refractivity contribution is 0.0716. The minimum absolute atomic E-state index is 0.0228. The highest BCUT2D eigenvalue weighted by atomic mass is 16.3. The highest BCUT2D eigenvalue weighted by Gasteiger charge is 2.42. The predicted molar refractivity (Wildman–Crippen MR) is 93.5 cm³/mol. The summed E-state index contributed by atoms with van der Waals surface area (Å²) in [5.41, 5.74) is 1.48. The van der Waals surface area contributed by atoms with Crippen molar-refractivity contribution in [1.29, 1.82) is 0 Å². The average Bonchev–Trinajstić information content (AvgIpc) is 2.93. The van der Waals surface area contributed by atoms with Gasteiger partial charge >= 0.3 is 0 Å². The lowest BCUT2D eigenvalue weighted by Crippen LogP contribution is -2.31. The van der Waals surface area contributed by atoms with Crippen LogP contribution < -0.4 is 5.43 Å². The molecule has 126 valence electrons. The Labute approximate surface area is 144 Å². The fraction of sp³-hybridized carbons (Fsp3) is 0.200. The van der Waals surface area contributed by atoms with Crippen molar-refractivity contribution in [2.75, 3.05) is 13.2 Å². The molecule has 1 amide bonds. The van der Waals surface area contributed by atoms with Gasteiger partial charge in [0.05, 0.1) is 17.0 Å². The van der Waals surface area contributed by atoms with Crippen LogP contribution in [0.15, 0.2) is 63.8 Å². The van der Waals surface area contributed by atoms with Crippen molar-refractivity contribution in [3.8, 4) is 0 Å². The molecule has 0 saturated carbocycles. The first-order valence-electron chi connectivity index (χ1n) is 8.25. The Bertz CT molecular complexity index is 993. The van der Waals surface area contributed by atoms with Crippen molar-refractivity contribution < 1.29 is 14.3 Å². The quantitative estimate of drug-likeness (QED) is 0.796. The van der Waals surface area contributed by atoms with Crippen LogP contribution in [0.3, 0.4) is 0 Å². The van der Waals surface area contributed by atoms with E-state index in [1.54, 1.807) is 29.2 Å². The van der Waals surface area contributed by atoms with Gasteiger partial charge in [0.15, 0.2) is 5.43 Å². The third kappa shape index (κ3) is 2.44. The normalized spacial score (nSPS) is 16.4. The topological polar surface area (TPSA) is 70.8 Å². The van der Waals surface area contributed by atoms with Gasteiger partial charge in [-0.3, -0.25) is 9.59 Å². The summed E-state index contributed by atoms with van der Waals surface area (Å²) in [4.78, 5) is 27.6. The number of nitrogens with zero attached hydrogens (tertiary/aromatic N) is 1. The van der Waals surface area contributed by atoms with Crippen LogP contribution in [0.2, 0.25) is 0 Å². The van der Waals surface area contributed by atoms with Crippen LogP contribution in [0, 0.1) is 0 Å². The Hall–Kier alpha value is -2.92. The largest absolute Gasteiger partial charge is 0.450 e. The molecule has 1 atom stereocenters. The lowest BCUT2D eigenvalue weighted by Gasteiger charge is -2.24. The van der Waals surface area contributed by atoms with Gasteiger partial charge in [0.25, 0.3) is 5.91 Å². The molecule has 1 unspecified atom stereocenters. The van der Waals surface area contributed by atoms with E-state index >= 15 is 0 Å². The van der Waals surface area contributed by atoms with Crippen LogP contribution in [0.25, 0.3) is 11.0 Å². The maximum Gasteiger partial charge on any atom is 0.290 e. The van der Waals surface area contributed by atoms with Crippen LogP contribution in [-0.4, -0.2) is 29.1 Å². The smallest absolute Gasteiger partial charge is 0.290 e. The summed E-state index contributed by atoms with van der Waals surface area (Å²) in [6, 6.07) is 15.9. The number of hydrogen-bond acceptors (Lipinski definition) is 4. The molecule has 0 bridgehead atoms. The molecule has 2 aromatic carbocycles. The van der Waals surface area contributed by atoms with E-state index in [1.165, 1.54) is 0 Å². The first-order valence-corrected chi connectivity index (χ1v) is 8.25. The standard InChI is InChI=1S/C20H17NO4/c22-12-6-11-21-17(13-7-2-1-3-8-13)16-18(23)14-9-4-5-10-15(14)25-19(16)20(21)24/h1-5,7-10,17,22H,6,11-12H2. The van der Waals surface area contributed by atoms with Crippen LogP contribution in [0.1, 0.15) is 34.1 Å². The second-order valence-corrected chi connectivity index (χ2v) is 6.06. The number of fused-ring (bicyclic) bond motifs is 2. The summed E-state index contributed by atoms with van der Waals surface area (Å²) >= 11 is 0. The molecule has 2 heterocycles. The fourth-order valence-corrected chi connectivity index (χ4v) is 3.42. The summed E-state index contributed by atoms with van der Waals surface area (Å²) in [5, 5.41) is 9.64. The van der Waals surface area contributed by atoms with Gasteiger partial charge in [0.1, 0.15) is 5.58 Å². The number of rotatable bonds is 4. The van der Waals surface area contributed by atoms with Crippen LogP contribution in [-0.2, 0) is 0 Å². The number of hydrogen-bond donors (Lipinski definition) is 1. The molecule has 1 N–H and O–H groups in total. The van der Waals surface area contributed by atoms with E-state index in [0.717, 1.165) is 5.56 Å². The van der Waals surface area contributed by atoms with Gasteiger partial charge in [-0.25, -0.2) is 0 Å². The van der Waals surface area contributed by atoms with Gasteiger partial charge in [-0.2, -0.15) is 0 Å². The summed E-state index contributed by atoms with van der Waals surface area (Å²) in [5.74, 6) is -0.198. The third-order valence-electron chi connectivity index (χ3n) is 4.55. The zero-order valence-corrected chi connectivity index (χ0v) is 13.5. The van der Waals surface area contributed by atoms with E-state index in [1.807, 2.05) is 30.3 Å². The molecular weight excluding hydrogens is 318 g/mol. The Morgan fingerprint density at radius 2 is 1.72 bits per heavy atom. The zero-order chi connectivity index (χ0) is 17.4. The van der Waals surface area contributed by atoms with Gasteiger partial charge in [-0.15, -0.1) is 0 Å². The van der Waals surface area contributed by atoms with Crippen molar-refractivity contribution in [3.05, 3.63) is 81.7 Å². The molecule has 4 rings (SSSR count). The van der Waals surface area contributed by atoms with Crippen LogP contribution in [0.4, 0.5) is 0 Å². The molecule has 0 radical (unpaired) electrons. The van der Waals surface area contributed by atoms with E-state index in [-0.39, 0.29) is 23.7 Å². The Balaban J connectivity index is 1.97. The van der Waals surface area contributed by atoms with E-state index in [0.29, 0.717) is 29.5 Å². The Morgan fingerprint density at radius 1 is 1.00 bits per heavy atom.